The molecular formula is C22H24N4O2S. The lowest BCUT2D eigenvalue weighted by molar-refractivity contribution is -0.132. The topological polar surface area (TPSA) is 70.7 Å². The average molecular weight is 409 g/mol. The monoisotopic (exact) mass is 408 g/mol. The molecule has 0 saturated carbocycles. The highest BCUT2D eigenvalue weighted by atomic mass is 32.1. The second-order valence-electron chi connectivity index (χ2n) is 7.38. The normalized spacial score (nSPS) is 17.6. The smallest absolute Gasteiger partial charge is 0.257 e. The summed E-state index contributed by atoms with van der Waals surface area (Å²) in [4.78, 5) is 18.4. The van der Waals surface area contributed by atoms with Gasteiger partial charge in [0.1, 0.15) is 11.5 Å². The summed E-state index contributed by atoms with van der Waals surface area (Å²) in [5.74, 6) is 0.996. The van der Waals surface area contributed by atoms with E-state index in [-0.39, 0.29) is 24.5 Å². The average Bonchev–Trinajstić information content (AvgIpc) is 3.49. The number of rotatable bonds is 7. The number of furan rings is 1. The van der Waals surface area contributed by atoms with Gasteiger partial charge >= 0.3 is 0 Å². The van der Waals surface area contributed by atoms with E-state index in [1.165, 1.54) is 0 Å². The quantitative estimate of drug-likeness (QED) is 0.629. The summed E-state index contributed by atoms with van der Waals surface area (Å²) in [7, 11) is 0. The van der Waals surface area contributed by atoms with E-state index in [0.29, 0.717) is 18.1 Å². The van der Waals surface area contributed by atoms with Crippen LogP contribution in [-0.2, 0) is 4.79 Å². The van der Waals surface area contributed by atoms with Crippen molar-refractivity contribution in [3.05, 3.63) is 76.6 Å². The third-order valence-electron chi connectivity index (χ3n) is 5.05. The Morgan fingerprint density at radius 2 is 2.10 bits per heavy atom. The first-order valence-corrected chi connectivity index (χ1v) is 10.6. The first-order chi connectivity index (χ1) is 14.1. The van der Waals surface area contributed by atoms with Gasteiger partial charge in [0.05, 0.1) is 18.8 Å². The summed E-state index contributed by atoms with van der Waals surface area (Å²) >= 11 is 1.64. The number of thiophene rings is 1. The molecule has 29 heavy (non-hydrogen) atoms. The fourth-order valence-electron chi connectivity index (χ4n) is 3.62. The summed E-state index contributed by atoms with van der Waals surface area (Å²) in [6, 6.07) is 11.7. The summed E-state index contributed by atoms with van der Waals surface area (Å²) in [5.41, 5.74) is 1.93. The van der Waals surface area contributed by atoms with Crippen LogP contribution < -0.4 is 5.32 Å². The molecule has 0 aromatic carbocycles. The van der Waals surface area contributed by atoms with Crippen LogP contribution in [0.15, 0.2) is 70.0 Å². The van der Waals surface area contributed by atoms with Crippen LogP contribution in [0.25, 0.3) is 0 Å². The number of aromatic nitrogens is 1. The van der Waals surface area contributed by atoms with Crippen LogP contribution in [0.4, 0.5) is 0 Å². The molecule has 0 saturated heterocycles. The van der Waals surface area contributed by atoms with Crippen LogP contribution in [0.5, 0.6) is 0 Å². The van der Waals surface area contributed by atoms with E-state index < -0.39 is 0 Å². The zero-order valence-electron chi connectivity index (χ0n) is 16.5. The standard InChI is InChI=1S/C22H24N4O2S/c1-15(2)22(16-7-9-23-10-8-16)24-14-21(27)26-18(20-6-4-12-29-20)13-17(25-26)19-5-3-11-28-19/h3-12,15,18,22,24H,13-14H2,1-2H3/t18-,22-/m0/s1. The van der Waals surface area contributed by atoms with Gasteiger partial charge in [-0.05, 0) is 47.2 Å². The molecule has 1 amide bonds. The molecule has 0 fully saturated rings. The van der Waals surface area contributed by atoms with E-state index in [1.807, 2.05) is 35.7 Å². The SMILES string of the molecule is CC(C)[C@H](NCC(=O)N1N=C(c2ccco2)C[C@H]1c1cccs1)c1ccncc1. The van der Waals surface area contributed by atoms with Crippen molar-refractivity contribution in [2.45, 2.75) is 32.4 Å². The number of nitrogens with zero attached hydrogens (tertiary/aromatic N) is 3. The minimum absolute atomic E-state index is 0.0512. The number of hydrogen-bond acceptors (Lipinski definition) is 6. The van der Waals surface area contributed by atoms with E-state index in [1.54, 1.807) is 35.0 Å². The van der Waals surface area contributed by atoms with E-state index >= 15 is 0 Å². The molecule has 0 bridgehead atoms. The minimum atomic E-state index is -0.0946. The van der Waals surface area contributed by atoms with E-state index in [4.69, 9.17) is 4.42 Å². The molecule has 4 heterocycles. The minimum Gasteiger partial charge on any atom is -0.463 e. The number of carbonyl (C=O) groups excluding carboxylic acids is 1. The van der Waals surface area contributed by atoms with Gasteiger partial charge in [0.15, 0.2) is 0 Å². The Morgan fingerprint density at radius 1 is 1.28 bits per heavy atom. The van der Waals surface area contributed by atoms with Crippen molar-refractivity contribution in [2.75, 3.05) is 6.54 Å². The molecule has 1 N–H and O–H groups in total. The maximum atomic E-state index is 13.1. The second kappa shape index (κ2) is 8.71. The first-order valence-electron chi connectivity index (χ1n) is 9.73. The van der Waals surface area contributed by atoms with Crippen LogP contribution in [0, 0.1) is 5.92 Å². The molecular weight excluding hydrogens is 384 g/mol. The van der Waals surface area contributed by atoms with Crippen molar-refractivity contribution in [3.8, 4) is 0 Å². The van der Waals surface area contributed by atoms with Gasteiger partial charge in [0.25, 0.3) is 5.91 Å². The molecule has 0 radical (unpaired) electrons. The molecule has 3 aromatic heterocycles. The first kappa shape index (κ1) is 19.5. The van der Waals surface area contributed by atoms with Gasteiger partial charge in [-0.25, -0.2) is 5.01 Å². The van der Waals surface area contributed by atoms with Gasteiger partial charge in [-0.1, -0.05) is 19.9 Å². The van der Waals surface area contributed by atoms with Crippen molar-refractivity contribution < 1.29 is 9.21 Å². The van der Waals surface area contributed by atoms with Crippen molar-refractivity contribution in [1.82, 2.24) is 15.3 Å². The van der Waals surface area contributed by atoms with Crippen LogP contribution in [0.1, 0.15) is 48.6 Å². The second-order valence-corrected chi connectivity index (χ2v) is 8.36. The van der Waals surface area contributed by atoms with Crippen LogP contribution in [0.3, 0.4) is 0 Å². The van der Waals surface area contributed by atoms with E-state index in [0.717, 1.165) is 16.2 Å². The Kier molecular flexibility index (Phi) is 5.87. The predicted molar refractivity (Wildman–Crippen MR) is 114 cm³/mol. The summed E-state index contributed by atoms with van der Waals surface area (Å²) in [6.45, 7) is 4.49. The Balaban J connectivity index is 1.51. The Labute approximate surface area is 174 Å². The Bertz CT molecular complexity index is 952. The molecule has 3 aromatic rings. The summed E-state index contributed by atoms with van der Waals surface area (Å²) in [6.07, 6.45) is 5.84. The van der Waals surface area contributed by atoms with Crippen molar-refractivity contribution in [1.29, 1.82) is 0 Å². The highest BCUT2D eigenvalue weighted by Gasteiger charge is 2.34. The zero-order valence-corrected chi connectivity index (χ0v) is 17.3. The van der Waals surface area contributed by atoms with Gasteiger partial charge < -0.3 is 9.73 Å². The molecule has 2 atom stereocenters. The molecule has 6 nitrogen and oxygen atoms in total. The summed E-state index contributed by atoms with van der Waals surface area (Å²) in [5, 5.41) is 11.7. The van der Waals surface area contributed by atoms with Gasteiger partial charge in [0.2, 0.25) is 0 Å². The number of amides is 1. The molecule has 0 unspecified atom stereocenters. The van der Waals surface area contributed by atoms with Crippen LogP contribution >= 0.6 is 11.3 Å². The van der Waals surface area contributed by atoms with E-state index in [2.05, 4.69) is 35.3 Å². The zero-order chi connectivity index (χ0) is 20.2. The lowest BCUT2D eigenvalue weighted by atomic mass is 9.97. The third kappa shape index (κ3) is 4.31. The van der Waals surface area contributed by atoms with Crippen molar-refractivity contribution in [3.63, 3.8) is 0 Å². The fraction of sp³-hybridized carbons (Fsp3) is 0.318. The lowest BCUT2D eigenvalue weighted by Gasteiger charge is -2.25. The maximum absolute atomic E-state index is 13.1. The fourth-order valence-corrected chi connectivity index (χ4v) is 4.43. The Hall–Kier alpha value is -2.77. The number of nitrogens with one attached hydrogen (secondary N) is 1. The third-order valence-corrected chi connectivity index (χ3v) is 6.02. The number of hydrogen-bond donors (Lipinski definition) is 1. The molecule has 7 heteroatoms. The predicted octanol–water partition coefficient (Wildman–Crippen LogP) is 4.40. The molecule has 4 rings (SSSR count). The van der Waals surface area contributed by atoms with Gasteiger partial charge in [-0.3, -0.25) is 9.78 Å². The van der Waals surface area contributed by atoms with Gasteiger partial charge in [-0.15, -0.1) is 11.3 Å². The summed E-state index contributed by atoms with van der Waals surface area (Å²) < 4.78 is 5.51. The number of pyridine rings is 1. The molecule has 150 valence electrons. The Morgan fingerprint density at radius 3 is 2.76 bits per heavy atom. The van der Waals surface area contributed by atoms with Crippen LogP contribution in [-0.4, -0.2) is 28.2 Å². The highest BCUT2D eigenvalue weighted by Crippen LogP contribution is 2.35. The van der Waals surface area contributed by atoms with Crippen LogP contribution in [0.2, 0.25) is 0 Å². The number of hydrazone groups is 1. The molecule has 1 aliphatic rings. The van der Waals surface area contributed by atoms with Gasteiger partial charge in [0, 0.05) is 29.7 Å². The van der Waals surface area contributed by atoms with Crippen molar-refractivity contribution in [2.24, 2.45) is 11.0 Å². The molecule has 1 aliphatic heterocycles. The highest BCUT2D eigenvalue weighted by molar-refractivity contribution is 7.10. The van der Waals surface area contributed by atoms with E-state index in [9.17, 15) is 4.79 Å². The molecule has 0 spiro atoms. The van der Waals surface area contributed by atoms with Crippen molar-refractivity contribution >= 4 is 23.0 Å². The lowest BCUT2D eigenvalue weighted by Crippen LogP contribution is -2.38. The maximum Gasteiger partial charge on any atom is 0.257 e. The number of carbonyl (C=O) groups is 1. The molecule has 0 aliphatic carbocycles. The van der Waals surface area contributed by atoms with Gasteiger partial charge in [-0.2, -0.15) is 5.10 Å². The largest absolute Gasteiger partial charge is 0.463 e.